The van der Waals surface area contributed by atoms with Gasteiger partial charge >= 0.3 is 5.97 Å². The van der Waals surface area contributed by atoms with Crippen LogP contribution in [0.1, 0.15) is 24.5 Å². The molecule has 0 amide bonds. The number of carbonyl (C=O) groups excluding carboxylic acids is 1. The number of nitriles is 1. The number of ether oxygens (including phenoxy) is 2. The van der Waals surface area contributed by atoms with Gasteiger partial charge in [0.2, 0.25) is 0 Å². The number of benzene rings is 1. The van der Waals surface area contributed by atoms with E-state index in [0.29, 0.717) is 0 Å². The van der Waals surface area contributed by atoms with Gasteiger partial charge in [-0.3, -0.25) is 4.79 Å². The summed E-state index contributed by atoms with van der Waals surface area (Å²) in [6.07, 6.45) is 0.131. The largest absolute Gasteiger partial charge is 0.496 e. The van der Waals surface area contributed by atoms with Crippen molar-refractivity contribution in [3.8, 4) is 11.8 Å². The van der Waals surface area contributed by atoms with E-state index in [-0.39, 0.29) is 24.9 Å². The first kappa shape index (κ1) is 14.0. The minimum absolute atomic E-state index is 0.131. The highest BCUT2D eigenvalue weighted by Crippen LogP contribution is 2.19. The molecular formula is C14H17NO3. The molecule has 1 atom stereocenters. The van der Waals surface area contributed by atoms with Gasteiger partial charge in [0, 0.05) is 0 Å². The van der Waals surface area contributed by atoms with E-state index >= 15 is 0 Å². The normalized spacial score (nSPS) is 11.4. The summed E-state index contributed by atoms with van der Waals surface area (Å²) in [5, 5.41) is 8.59. The van der Waals surface area contributed by atoms with Crippen LogP contribution < -0.4 is 4.74 Å². The summed E-state index contributed by atoms with van der Waals surface area (Å²) < 4.78 is 10.2. The third kappa shape index (κ3) is 4.10. The fourth-order valence-electron chi connectivity index (χ4n) is 1.55. The van der Waals surface area contributed by atoms with Crippen LogP contribution in [-0.4, -0.2) is 13.1 Å². The maximum atomic E-state index is 11.4. The van der Waals surface area contributed by atoms with Crippen LogP contribution in [0.5, 0.6) is 5.75 Å². The van der Waals surface area contributed by atoms with Crippen molar-refractivity contribution in [3.63, 3.8) is 0 Å². The number of esters is 1. The minimum atomic E-state index is -0.350. The molecule has 0 aliphatic carbocycles. The molecule has 0 saturated carbocycles. The van der Waals surface area contributed by atoms with Crippen LogP contribution >= 0.6 is 0 Å². The van der Waals surface area contributed by atoms with E-state index in [9.17, 15) is 4.79 Å². The van der Waals surface area contributed by atoms with Crippen LogP contribution in [0.2, 0.25) is 0 Å². The molecule has 1 aromatic carbocycles. The van der Waals surface area contributed by atoms with Crippen molar-refractivity contribution >= 4 is 5.97 Å². The molecule has 0 spiro atoms. The second kappa shape index (κ2) is 6.65. The van der Waals surface area contributed by atoms with Crippen molar-refractivity contribution in [2.75, 3.05) is 7.11 Å². The second-order valence-electron chi connectivity index (χ2n) is 4.20. The monoisotopic (exact) mass is 247 g/mol. The molecule has 18 heavy (non-hydrogen) atoms. The minimum Gasteiger partial charge on any atom is -0.496 e. The molecule has 4 nitrogen and oxygen atoms in total. The molecule has 0 aliphatic heterocycles. The molecule has 1 aromatic rings. The van der Waals surface area contributed by atoms with Gasteiger partial charge in [0.25, 0.3) is 0 Å². The van der Waals surface area contributed by atoms with E-state index in [4.69, 9.17) is 14.7 Å². The first-order valence-corrected chi connectivity index (χ1v) is 5.75. The number of carbonyl (C=O) groups is 1. The highest BCUT2D eigenvalue weighted by Gasteiger charge is 2.09. The number of hydrogen-bond acceptors (Lipinski definition) is 4. The summed E-state index contributed by atoms with van der Waals surface area (Å²) in [6.45, 7) is 3.85. The number of hydrogen-bond donors (Lipinski definition) is 0. The Morgan fingerprint density at radius 1 is 1.50 bits per heavy atom. The lowest BCUT2D eigenvalue weighted by atomic mass is 10.1. The van der Waals surface area contributed by atoms with Crippen LogP contribution in [0.25, 0.3) is 0 Å². The maximum Gasteiger partial charge on any atom is 0.307 e. The van der Waals surface area contributed by atoms with E-state index in [1.54, 1.807) is 14.0 Å². The van der Waals surface area contributed by atoms with E-state index in [1.165, 1.54) is 0 Å². The molecule has 0 saturated heterocycles. The Labute approximate surface area is 107 Å². The molecular weight excluding hydrogens is 230 g/mol. The third-order valence-corrected chi connectivity index (χ3v) is 2.55. The van der Waals surface area contributed by atoms with Gasteiger partial charge in [0.1, 0.15) is 12.4 Å². The predicted octanol–water partition coefficient (Wildman–Crippen LogP) is 2.60. The zero-order valence-corrected chi connectivity index (χ0v) is 10.9. The molecule has 0 aromatic heterocycles. The molecule has 0 N–H and O–H groups in total. The number of nitrogens with zero attached hydrogens (tertiary/aromatic N) is 1. The second-order valence-corrected chi connectivity index (χ2v) is 4.20. The molecule has 1 unspecified atom stereocenters. The van der Waals surface area contributed by atoms with Crippen LogP contribution in [0, 0.1) is 24.2 Å². The lowest BCUT2D eigenvalue weighted by Crippen LogP contribution is -2.08. The zero-order valence-electron chi connectivity index (χ0n) is 10.9. The predicted molar refractivity (Wildman–Crippen MR) is 66.9 cm³/mol. The van der Waals surface area contributed by atoms with Gasteiger partial charge in [-0.2, -0.15) is 5.26 Å². The van der Waals surface area contributed by atoms with Gasteiger partial charge in [0.05, 0.1) is 25.5 Å². The fraction of sp³-hybridized carbons (Fsp3) is 0.429. The average molecular weight is 247 g/mol. The molecule has 0 aliphatic rings. The van der Waals surface area contributed by atoms with Crippen LogP contribution in [-0.2, 0) is 16.1 Å². The first-order valence-electron chi connectivity index (χ1n) is 5.75. The highest BCUT2D eigenvalue weighted by molar-refractivity contribution is 5.70. The van der Waals surface area contributed by atoms with E-state index < -0.39 is 0 Å². The Hall–Kier alpha value is -2.02. The smallest absolute Gasteiger partial charge is 0.307 e. The van der Waals surface area contributed by atoms with Gasteiger partial charge in [-0.1, -0.05) is 6.07 Å². The SMILES string of the molecule is COc1ccc(COC(=O)CC(C)C#N)cc1C. The van der Waals surface area contributed by atoms with Crippen molar-refractivity contribution in [3.05, 3.63) is 29.3 Å². The summed E-state index contributed by atoms with van der Waals surface area (Å²) in [5.41, 5.74) is 1.91. The van der Waals surface area contributed by atoms with Crippen molar-refractivity contribution in [1.82, 2.24) is 0 Å². The zero-order chi connectivity index (χ0) is 13.5. The van der Waals surface area contributed by atoms with E-state index in [2.05, 4.69) is 0 Å². The lowest BCUT2D eigenvalue weighted by molar-refractivity contribution is -0.145. The number of aryl methyl sites for hydroxylation is 1. The molecule has 1 rings (SSSR count). The maximum absolute atomic E-state index is 11.4. The van der Waals surface area contributed by atoms with Gasteiger partial charge in [-0.25, -0.2) is 0 Å². The summed E-state index contributed by atoms with van der Waals surface area (Å²) in [7, 11) is 1.62. The van der Waals surface area contributed by atoms with Gasteiger partial charge < -0.3 is 9.47 Å². The molecule has 0 radical (unpaired) electrons. The topological polar surface area (TPSA) is 59.3 Å². The van der Waals surface area contributed by atoms with Gasteiger partial charge in [-0.15, -0.1) is 0 Å². The standard InChI is InChI=1S/C14H17NO3/c1-10(8-15)6-14(16)18-9-12-4-5-13(17-3)11(2)7-12/h4-5,7,10H,6,9H2,1-3H3. The summed E-state index contributed by atoms with van der Waals surface area (Å²) in [5.74, 6) is 0.149. The Balaban J connectivity index is 2.51. The fourth-order valence-corrected chi connectivity index (χ4v) is 1.55. The average Bonchev–Trinajstić information content (AvgIpc) is 2.36. The molecule has 0 bridgehead atoms. The van der Waals surface area contributed by atoms with Crippen LogP contribution in [0.4, 0.5) is 0 Å². The molecule has 96 valence electrons. The Morgan fingerprint density at radius 3 is 2.78 bits per heavy atom. The van der Waals surface area contributed by atoms with Crippen molar-refractivity contribution < 1.29 is 14.3 Å². The quantitative estimate of drug-likeness (QED) is 0.750. The van der Waals surface area contributed by atoms with E-state index in [1.807, 2.05) is 31.2 Å². The van der Waals surface area contributed by atoms with Crippen LogP contribution in [0.3, 0.4) is 0 Å². The number of methoxy groups -OCH3 is 1. The summed E-state index contributed by atoms with van der Waals surface area (Å²) in [4.78, 5) is 11.4. The molecule has 0 heterocycles. The summed E-state index contributed by atoms with van der Waals surface area (Å²) >= 11 is 0. The van der Waals surface area contributed by atoms with E-state index in [0.717, 1.165) is 16.9 Å². The Kier molecular flexibility index (Phi) is 5.19. The van der Waals surface area contributed by atoms with Crippen molar-refractivity contribution in [2.45, 2.75) is 26.9 Å². The van der Waals surface area contributed by atoms with Crippen molar-refractivity contribution in [2.24, 2.45) is 5.92 Å². The molecule has 4 heteroatoms. The van der Waals surface area contributed by atoms with Gasteiger partial charge in [-0.05, 0) is 37.1 Å². The Morgan fingerprint density at radius 2 is 2.22 bits per heavy atom. The third-order valence-electron chi connectivity index (χ3n) is 2.55. The lowest BCUT2D eigenvalue weighted by Gasteiger charge is -2.08. The number of rotatable bonds is 5. The molecule has 0 fully saturated rings. The summed E-state index contributed by atoms with van der Waals surface area (Å²) in [6, 6.07) is 7.61. The first-order chi connectivity index (χ1) is 8.56. The Bertz CT molecular complexity index is 463. The van der Waals surface area contributed by atoms with Crippen molar-refractivity contribution in [1.29, 1.82) is 5.26 Å². The van der Waals surface area contributed by atoms with Crippen LogP contribution in [0.15, 0.2) is 18.2 Å². The van der Waals surface area contributed by atoms with Gasteiger partial charge in [0.15, 0.2) is 0 Å². The highest BCUT2D eigenvalue weighted by atomic mass is 16.5.